The highest BCUT2D eigenvalue weighted by molar-refractivity contribution is 5.79. The van der Waals surface area contributed by atoms with Crippen molar-refractivity contribution in [2.24, 2.45) is 11.8 Å². The molecule has 1 amide bonds. The van der Waals surface area contributed by atoms with Gasteiger partial charge in [0.25, 0.3) is 0 Å². The quantitative estimate of drug-likeness (QED) is 0.694. The molecule has 0 spiro atoms. The summed E-state index contributed by atoms with van der Waals surface area (Å²) in [6.45, 7) is 1.19. The fourth-order valence-electron chi connectivity index (χ4n) is 2.92. The fourth-order valence-corrected chi connectivity index (χ4v) is 2.92. The van der Waals surface area contributed by atoms with Crippen molar-refractivity contribution in [3.05, 3.63) is 0 Å². The van der Waals surface area contributed by atoms with Crippen LogP contribution in [-0.2, 0) is 9.59 Å². The Morgan fingerprint density at radius 1 is 1.06 bits per heavy atom. The summed E-state index contributed by atoms with van der Waals surface area (Å²) in [6.07, 6.45) is 6.01. The van der Waals surface area contributed by atoms with Gasteiger partial charge in [0.1, 0.15) is 0 Å². The van der Waals surface area contributed by atoms with E-state index in [1.165, 1.54) is 6.42 Å². The van der Waals surface area contributed by atoms with Crippen molar-refractivity contribution in [2.45, 2.75) is 44.6 Å². The van der Waals surface area contributed by atoms with Crippen LogP contribution in [0, 0.1) is 11.8 Å². The number of carboxylic acid groups (broad SMARTS) is 1. The molecule has 5 nitrogen and oxygen atoms in total. The van der Waals surface area contributed by atoms with Gasteiger partial charge in [0.15, 0.2) is 0 Å². The fraction of sp³-hybridized carbons (Fsp3) is 0.846. The van der Waals surface area contributed by atoms with E-state index in [1.807, 2.05) is 0 Å². The summed E-state index contributed by atoms with van der Waals surface area (Å²) in [5.41, 5.74) is 0. The number of rotatable bonds is 3. The Kier molecular flexibility index (Phi) is 4.58. The average Bonchev–Trinajstić information content (AvgIpc) is 2.40. The summed E-state index contributed by atoms with van der Waals surface area (Å²) in [7, 11) is 0. The van der Waals surface area contributed by atoms with Crippen LogP contribution in [0.25, 0.3) is 0 Å². The molecule has 0 aromatic rings. The Bertz CT molecular complexity index is 313. The van der Waals surface area contributed by atoms with E-state index in [9.17, 15) is 9.59 Å². The SMILES string of the molecule is O=C(O)C1CNCC(NC(=O)C2CCCCC2)C1. The highest BCUT2D eigenvalue weighted by Crippen LogP contribution is 2.24. The number of carbonyl (C=O) groups excluding carboxylic acids is 1. The van der Waals surface area contributed by atoms with Crippen molar-refractivity contribution in [2.75, 3.05) is 13.1 Å². The predicted octanol–water partition coefficient (Wildman–Crippen LogP) is 0.746. The van der Waals surface area contributed by atoms with Crippen molar-refractivity contribution in [1.29, 1.82) is 0 Å². The molecule has 1 saturated heterocycles. The maximum Gasteiger partial charge on any atom is 0.307 e. The molecule has 2 rings (SSSR count). The third-order valence-corrected chi connectivity index (χ3v) is 4.02. The number of piperidine rings is 1. The monoisotopic (exact) mass is 254 g/mol. The van der Waals surface area contributed by atoms with E-state index >= 15 is 0 Å². The maximum atomic E-state index is 12.1. The minimum absolute atomic E-state index is 0.0331. The average molecular weight is 254 g/mol. The van der Waals surface area contributed by atoms with Crippen LogP contribution in [0.4, 0.5) is 0 Å². The molecule has 2 atom stereocenters. The van der Waals surface area contributed by atoms with Crippen LogP contribution in [0.1, 0.15) is 38.5 Å². The molecule has 1 aliphatic heterocycles. The van der Waals surface area contributed by atoms with Gasteiger partial charge in [0.05, 0.1) is 5.92 Å². The predicted molar refractivity (Wildman–Crippen MR) is 67.1 cm³/mol. The lowest BCUT2D eigenvalue weighted by atomic mass is 9.88. The molecule has 1 heterocycles. The second-order valence-electron chi connectivity index (χ2n) is 5.47. The number of amides is 1. The normalized spacial score (nSPS) is 29.8. The van der Waals surface area contributed by atoms with Gasteiger partial charge >= 0.3 is 5.97 Å². The minimum atomic E-state index is -0.779. The Morgan fingerprint density at radius 3 is 2.44 bits per heavy atom. The van der Waals surface area contributed by atoms with Crippen LogP contribution in [0.3, 0.4) is 0 Å². The number of carbonyl (C=O) groups is 2. The molecule has 1 saturated carbocycles. The van der Waals surface area contributed by atoms with E-state index in [2.05, 4.69) is 10.6 Å². The third-order valence-electron chi connectivity index (χ3n) is 4.02. The molecule has 2 unspecified atom stereocenters. The number of hydrogen-bond acceptors (Lipinski definition) is 3. The Labute approximate surface area is 107 Å². The molecule has 1 aliphatic carbocycles. The molecule has 102 valence electrons. The van der Waals surface area contributed by atoms with Crippen molar-refractivity contribution in [3.8, 4) is 0 Å². The summed E-state index contributed by atoms with van der Waals surface area (Å²) < 4.78 is 0. The van der Waals surface area contributed by atoms with Crippen molar-refractivity contribution in [1.82, 2.24) is 10.6 Å². The van der Waals surface area contributed by atoms with E-state index in [1.54, 1.807) is 0 Å². The molecule has 18 heavy (non-hydrogen) atoms. The van der Waals surface area contributed by atoms with E-state index in [0.717, 1.165) is 25.7 Å². The first-order chi connectivity index (χ1) is 8.66. The number of nitrogens with one attached hydrogen (secondary N) is 2. The lowest BCUT2D eigenvalue weighted by molar-refractivity contribution is -0.143. The summed E-state index contributed by atoms with van der Waals surface area (Å²) in [5.74, 6) is -0.897. The van der Waals surface area contributed by atoms with Gasteiger partial charge in [-0.1, -0.05) is 19.3 Å². The second kappa shape index (κ2) is 6.18. The van der Waals surface area contributed by atoms with Crippen LogP contribution < -0.4 is 10.6 Å². The topological polar surface area (TPSA) is 78.4 Å². The zero-order valence-corrected chi connectivity index (χ0v) is 10.7. The molecule has 2 fully saturated rings. The summed E-state index contributed by atoms with van der Waals surface area (Å²) in [4.78, 5) is 23.0. The van der Waals surface area contributed by atoms with Crippen molar-refractivity contribution >= 4 is 11.9 Å². The molecule has 5 heteroatoms. The van der Waals surface area contributed by atoms with Crippen LogP contribution in [0.2, 0.25) is 0 Å². The summed E-state index contributed by atoms with van der Waals surface area (Å²) in [5, 5.41) is 15.1. The molecule has 2 aliphatic rings. The second-order valence-corrected chi connectivity index (χ2v) is 5.47. The molecular weight excluding hydrogens is 232 g/mol. The first-order valence-corrected chi connectivity index (χ1v) is 6.90. The van der Waals surface area contributed by atoms with Gasteiger partial charge in [-0.25, -0.2) is 0 Å². The van der Waals surface area contributed by atoms with E-state index < -0.39 is 5.97 Å². The molecule has 0 aromatic carbocycles. The maximum absolute atomic E-state index is 12.1. The van der Waals surface area contributed by atoms with Crippen molar-refractivity contribution < 1.29 is 14.7 Å². The lowest BCUT2D eigenvalue weighted by Gasteiger charge is -2.30. The largest absolute Gasteiger partial charge is 0.481 e. The molecule has 0 radical (unpaired) electrons. The zero-order chi connectivity index (χ0) is 13.0. The first kappa shape index (κ1) is 13.3. The third kappa shape index (κ3) is 3.45. The van der Waals surface area contributed by atoms with Gasteiger partial charge in [0, 0.05) is 25.0 Å². The molecule has 3 N–H and O–H groups in total. The van der Waals surface area contributed by atoms with E-state index in [0.29, 0.717) is 19.5 Å². The Balaban J connectivity index is 1.81. The van der Waals surface area contributed by atoms with Crippen LogP contribution in [-0.4, -0.2) is 36.1 Å². The van der Waals surface area contributed by atoms with E-state index in [-0.39, 0.29) is 23.8 Å². The van der Waals surface area contributed by atoms with Gasteiger partial charge in [-0.15, -0.1) is 0 Å². The van der Waals surface area contributed by atoms with Gasteiger partial charge in [-0.2, -0.15) is 0 Å². The Hall–Kier alpha value is -1.10. The van der Waals surface area contributed by atoms with Gasteiger partial charge in [-0.3, -0.25) is 9.59 Å². The van der Waals surface area contributed by atoms with Crippen molar-refractivity contribution in [3.63, 3.8) is 0 Å². The molecular formula is C13H22N2O3. The van der Waals surface area contributed by atoms with Gasteiger partial charge in [0.2, 0.25) is 5.91 Å². The lowest BCUT2D eigenvalue weighted by Crippen LogP contribution is -2.51. The van der Waals surface area contributed by atoms with Crippen LogP contribution in [0.5, 0.6) is 0 Å². The zero-order valence-electron chi connectivity index (χ0n) is 10.7. The van der Waals surface area contributed by atoms with E-state index in [4.69, 9.17) is 5.11 Å². The number of carboxylic acids is 1. The molecule has 0 aromatic heterocycles. The van der Waals surface area contributed by atoms with Crippen LogP contribution >= 0.6 is 0 Å². The standard InChI is InChI=1S/C13H22N2O3/c16-12(9-4-2-1-3-5-9)15-11-6-10(13(17)18)7-14-8-11/h9-11,14H,1-8H2,(H,15,16)(H,17,18). The number of aliphatic carboxylic acids is 1. The van der Waals surface area contributed by atoms with Gasteiger partial charge < -0.3 is 15.7 Å². The molecule has 0 bridgehead atoms. The van der Waals surface area contributed by atoms with Gasteiger partial charge in [-0.05, 0) is 19.3 Å². The first-order valence-electron chi connectivity index (χ1n) is 6.90. The number of hydrogen-bond donors (Lipinski definition) is 3. The van der Waals surface area contributed by atoms with Crippen LogP contribution in [0.15, 0.2) is 0 Å². The summed E-state index contributed by atoms with van der Waals surface area (Å²) in [6, 6.07) is -0.0331. The Morgan fingerprint density at radius 2 is 1.78 bits per heavy atom. The smallest absolute Gasteiger partial charge is 0.307 e. The minimum Gasteiger partial charge on any atom is -0.481 e. The highest BCUT2D eigenvalue weighted by Gasteiger charge is 2.29. The summed E-state index contributed by atoms with van der Waals surface area (Å²) >= 11 is 0. The highest BCUT2D eigenvalue weighted by atomic mass is 16.4.